The van der Waals surface area contributed by atoms with Gasteiger partial charge in [-0.25, -0.2) is 8.78 Å². The number of nitrogens with one attached hydrogen (secondary N) is 1. The van der Waals surface area contributed by atoms with Gasteiger partial charge in [-0.05, 0) is 55.5 Å². The highest BCUT2D eigenvalue weighted by atomic mass is 19.2. The summed E-state index contributed by atoms with van der Waals surface area (Å²) in [5.74, 6) is -0.561. The Bertz CT molecular complexity index is 392. The van der Waals surface area contributed by atoms with Crippen molar-refractivity contribution in [1.29, 1.82) is 0 Å². The molecule has 0 aromatic heterocycles. The molecule has 100 valence electrons. The number of halogens is 2. The Labute approximate surface area is 108 Å². The molecule has 1 aromatic rings. The Kier molecular flexibility index (Phi) is 4.70. The van der Waals surface area contributed by atoms with E-state index in [0.29, 0.717) is 11.8 Å². The summed E-state index contributed by atoms with van der Waals surface area (Å²) in [5, 5.41) is 3.38. The fourth-order valence-corrected chi connectivity index (χ4v) is 2.96. The second-order valence-electron chi connectivity index (χ2n) is 5.13. The summed E-state index contributed by atoms with van der Waals surface area (Å²) in [6.07, 6.45) is 4.69. The van der Waals surface area contributed by atoms with Crippen molar-refractivity contribution in [3.8, 4) is 0 Å². The van der Waals surface area contributed by atoms with E-state index in [-0.39, 0.29) is 0 Å². The fraction of sp³-hybridized carbons (Fsp3) is 0.600. The number of rotatable bonds is 4. The SMILES string of the molecule is CCNCC1CCCCC1c1ccc(F)c(F)c1. The van der Waals surface area contributed by atoms with E-state index in [4.69, 9.17) is 0 Å². The lowest BCUT2D eigenvalue weighted by Crippen LogP contribution is -2.29. The zero-order valence-electron chi connectivity index (χ0n) is 10.9. The smallest absolute Gasteiger partial charge is 0.159 e. The van der Waals surface area contributed by atoms with Crippen LogP contribution in [0.5, 0.6) is 0 Å². The summed E-state index contributed by atoms with van der Waals surface area (Å²) >= 11 is 0. The van der Waals surface area contributed by atoms with Crippen LogP contribution in [0.25, 0.3) is 0 Å². The highest BCUT2D eigenvalue weighted by molar-refractivity contribution is 5.23. The van der Waals surface area contributed by atoms with Gasteiger partial charge in [-0.1, -0.05) is 25.8 Å². The molecular weight excluding hydrogens is 232 g/mol. The summed E-state index contributed by atoms with van der Waals surface area (Å²) < 4.78 is 26.3. The zero-order valence-corrected chi connectivity index (χ0v) is 10.9. The van der Waals surface area contributed by atoms with Crippen LogP contribution < -0.4 is 5.32 Å². The van der Waals surface area contributed by atoms with E-state index in [0.717, 1.165) is 25.1 Å². The van der Waals surface area contributed by atoms with Gasteiger partial charge in [0.15, 0.2) is 11.6 Å². The molecule has 2 rings (SSSR count). The number of benzene rings is 1. The first-order chi connectivity index (χ1) is 8.72. The Balaban J connectivity index is 2.14. The molecule has 0 aliphatic heterocycles. The maximum atomic E-state index is 13.3. The molecule has 0 heterocycles. The molecule has 1 aromatic carbocycles. The van der Waals surface area contributed by atoms with Crippen molar-refractivity contribution in [2.24, 2.45) is 5.92 Å². The van der Waals surface area contributed by atoms with E-state index >= 15 is 0 Å². The molecule has 1 nitrogen and oxygen atoms in total. The van der Waals surface area contributed by atoms with Gasteiger partial charge in [0.2, 0.25) is 0 Å². The van der Waals surface area contributed by atoms with Crippen molar-refractivity contribution >= 4 is 0 Å². The lowest BCUT2D eigenvalue weighted by atomic mass is 9.75. The summed E-state index contributed by atoms with van der Waals surface area (Å²) in [6, 6.07) is 4.38. The van der Waals surface area contributed by atoms with E-state index < -0.39 is 11.6 Å². The summed E-state index contributed by atoms with van der Waals surface area (Å²) in [4.78, 5) is 0. The second kappa shape index (κ2) is 6.28. The summed E-state index contributed by atoms with van der Waals surface area (Å²) in [5.41, 5.74) is 0.955. The predicted molar refractivity (Wildman–Crippen MR) is 69.6 cm³/mol. The second-order valence-corrected chi connectivity index (χ2v) is 5.13. The van der Waals surface area contributed by atoms with Gasteiger partial charge < -0.3 is 5.32 Å². The molecule has 0 amide bonds. The topological polar surface area (TPSA) is 12.0 Å². The van der Waals surface area contributed by atoms with Gasteiger partial charge >= 0.3 is 0 Å². The highest BCUT2D eigenvalue weighted by Crippen LogP contribution is 2.37. The van der Waals surface area contributed by atoms with E-state index in [1.54, 1.807) is 6.07 Å². The van der Waals surface area contributed by atoms with Crippen molar-refractivity contribution in [3.63, 3.8) is 0 Å². The molecule has 2 atom stereocenters. The first kappa shape index (κ1) is 13.5. The van der Waals surface area contributed by atoms with Crippen molar-refractivity contribution in [3.05, 3.63) is 35.4 Å². The first-order valence-corrected chi connectivity index (χ1v) is 6.88. The minimum Gasteiger partial charge on any atom is -0.317 e. The van der Waals surface area contributed by atoms with E-state index in [1.165, 1.54) is 31.4 Å². The molecule has 1 aliphatic rings. The average molecular weight is 253 g/mol. The van der Waals surface area contributed by atoms with Crippen molar-refractivity contribution < 1.29 is 8.78 Å². The predicted octanol–water partition coefficient (Wildman–Crippen LogP) is 3.85. The Morgan fingerprint density at radius 3 is 2.67 bits per heavy atom. The van der Waals surface area contributed by atoms with Crippen molar-refractivity contribution in [1.82, 2.24) is 5.32 Å². The zero-order chi connectivity index (χ0) is 13.0. The maximum Gasteiger partial charge on any atom is 0.159 e. The van der Waals surface area contributed by atoms with E-state index in [9.17, 15) is 8.78 Å². The van der Waals surface area contributed by atoms with Crippen LogP contribution in [-0.2, 0) is 0 Å². The minimum atomic E-state index is -0.752. The molecule has 18 heavy (non-hydrogen) atoms. The molecule has 1 saturated carbocycles. The Morgan fingerprint density at radius 2 is 1.94 bits per heavy atom. The van der Waals surface area contributed by atoms with E-state index in [1.807, 2.05) is 0 Å². The van der Waals surface area contributed by atoms with Crippen LogP contribution in [0.15, 0.2) is 18.2 Å². The molecule has 3 heteroatoms. The van der Waals surface area contributed by atoms with Gasteiger partial charge in [0.1, 0.15) is 0 Å². The molecule has 2 unspecified atom stereocenters. The molecule has 0 radical (unpaired) electrons. The molecule has 1 aliphatic carbocycles. The number of hydrogen-bond donors (Lipinski definition) is 1. The van der Waals surface area contributed by atoms with Crippen LogP contribution in [0.2, 0.25) is 0 Å². The fourth-order valence-electron chi connectivity index (χ4n) is 2.96. The van der Waals surface area contributed by atoms with Crippen LogP contribution >= 0.6 is 0 Å². The normalized spacial score (nSPS) is 24.2. The van der Waals surface area contributed by atoms with Gasteiger partial charge in [-0.3, -0.25) is 0 Å². The molecule has 0 spiro atoms. The van der Waals surface area contributed by atoms with Gasteiger partial charge in [0.05, 0.1) is 0 Å². The van der Waals surface area contributed by atoms with Gasteiger partial charge in [-0.15, -0.1) is 0 Å². The third-order valence-corrected chi connectivity index (χ3v) is 3.94. The Hall–Kier alpha value is -0.960. The van der Waals surface area contributed by atoms with Gasteiger partial charge in [0, 0.05) is 0 Å². The Morgan fingerprint density at radius 1 is 1.17 bits per heavy atom. The van der Waals surface area contributed by atoms with Crippen molar-refractivity contribution in [2.75, 3.05) is 13.1 Å². The average Bonchev–Trinajstić information content (AvgIpc) is 2.40. The molecule has 0 saturated heterocycles. The largest absolute Gasteiger partial charge is 0.317 e. The van der Waals surface area contributed by atoms with Crippen LogP contribution in [0.4, 0.5) is 8.78 Å². The monoisotopic (exact) mass is 253 g/mol. The third-order valence-electron chi connectivity index (χ3n) is 3.94. The maximum absolute atomic E-state index is 13.3. The van der Waals surface area contributed by atoms with Crippen LogP contribution in [0, 0.1) is 17.6 Å². The van der Waals surface area contributed by atoms with Gasteiger partial charge in [-0.2, -0.15) is 0 Å². The minimum absolute atomic E-state index is 0.368. The van der Waals surface area contributed by atoms with Gasteiger partial charge in [0.25, 0.3) is 0 Å². The van der Waals surface area contributed by atoms with Crippen LogP contribution in [-0.4, -0.2) is 13.1 Å². The number of hydrogen-bond acceptors (Lipinski definition) is 1. The third kappa shape index (κ3) is 3.08. The summed E-state index contributed by atoms with van der Waals surface area (Å²) in [6.45, 7) is 4.02. The molecule has 1 N–H and O–H groups in total. The quantitative estimate of drug-likeness (QED) is 0.859. The molecule has 0 bridgehead atoms. The highest BCUT2D eigenvalue weighted by Gasteiger charge is 2.26. The van der Waals surface area contributed by atoms with Crippen LogP contribution in [0.3, 0.4) is 0 Å². The summed E-state index contributed by atoms with van der Waals surface area (Å²) in [7, 11) is 0. The lowest BCUT2D eigenvalue weighted by molar-refractivity contribution is 0.296. The molecule has 1 fully saturated rings. The molecular formula is C15H21F2N. The standard InChI is InChI=1S/C15H21F2N/c1-2-18-10-12-5-3-4-6-13(12)11-7-8-14(16)15(17)9-11/h7-9,12-13,18H,2-6,10H2,1H3. The van der Waals surface area contributed by atoms with Crippen LogP contribution in [0.1, 0.15) is 44.1 Å². The lowest BCUT2D eigenvalue weighted by Gasteiger charge is -2.32. The van der Waals surface area contributed by atoms with Crippen molar-refractivity contribution in [2.45, 2.75) is 38.5 Å². The first-order valence-electron chi connectivity index (χ1n) is 6.88. The van der Waals surface area contributed by atoms with E-state index in [2.05, 4.69) is 12.2 Å².